The molecule has 1 fully saturated rings. The van der Waals surface area contributed by atoms with Gasteiger partial charge < -0.3 is 10.4 Å². The van der Waals surface area contributed by atoms with Crippen molar-refractivity contribution in [3.05, 3.63) is 28.7 Å². The first-order chi connectivity index (χ1) is 9.16. The molecule has 0 aromatic heterocycles. The Morgan fingerprint density at radius 3 is 2.53 bits per heavy atom. The molecule has 1 aromatic carbocycles. The monoisotopic (exact) mass is 325 g/mol. The summed E-state index contributed by atoms with van der Waals surface area (Å²) in [6, 6.07) is 7.21. The first kappa shape index (κ1) is 14.4. The van der Waals surface area contributed by atoms with E-state index in [1.165, 1.54) is 12.8 Å². The largest absolute Gasteiger partial charge is 0.480 e. The highest BCUT2D eigenvalue weighted by atomic mass is 79.9. The summed E-state index contributed by atoms with van der Waals surface area (Å²) >= 11 is 3.41. The maximum Gasteiger partial charge on any atom is 0.326 e. The second kappa shape index (κ2) is 6.94. The molecule has 1 saturated carbocycles. The van der Waals surface area contributed by atoms with Crippen LogP contribution < -0.4 is 5.32 Å². The number of benzene rings is 1. The molecular formula is C15H20BrNO2. The van der Waals surface area contributed by atoms with E-state index in [1.807, 2.05) is 24.3 Å². The van der Waals surface area contributed by atoms with Gasteiger partial charge in [0.25, 0.3) is 0 Å². The standard InChI is InChI=1S/C15H20BrNO2/c16-12-8-5-9-13(10-12)17-14(15(18)19)11-6-3-1-2-4-7-11/h5,8-11,14,17H,1-4,6-7H2,(H,18,19). The summed E-state index contributed by atoms with van der Waals surface area (Å²) in [6.45, 7) is 0. The Labute approximate surface area is 122 Å². The second-order valence-corrected chi connectivity index (χ2v) is 6.14. The zero-order valence-electron chi connectivity index (χ0n) is 10.9. The smallest absolute Gasteiger partial charge is 0.326 e. The van der Waals surface area contributed by atoms with E-state index in [-0.39, 0.29) is 5.92 Å². The zero-order valence-corrected chi connectivity index (χ0v) is 12.5. The van der Waals surface area contributed by atoms with Gasteiger partial charge in [-0.2, -0.15) is 0 Å². The SMILES string of the molecule is O=C(O)C(Nc1cccc(Br)c1)C1CCCCCC1. The minimum Gasteiger partial charge on any atom is -0.480 e. The van der Waals surface area contributed by atoms with Crippen LogP contribution in [0.25, 0.3) is 0 Å². The first-order valence-corrected chi connectivity index (χ1v) is 7.71. The summed E-state index contributed by atoms with van der Waals surface area (Å²) in [4.78, 5) is 11.5. The molecule has 1 aliphatic rings. The van der Waals surface area contributed by atoms with Gasteiger partial charge in [-0.25, -0.2) is 4.79 Å². The van der Waals surface area contributed by atoms with Gasteiger partial charge in [0.15, 0.2) is 0 Å². The molecule has 0 saturated heterocycles. The fraction of sp³-hybridized carbons (Fsp3) is 0.533. The number of nitrogens with one attached hydrogen (secondary N) is 1. The van der Waals surface area contributed by atoms with E-state index in [0.29, 0.717) is 0 Å². The Hall–Kier alpha value is -1.03. The van der Waals surface area contributed by atoms with Crippen LogP contribution in [0.1, 0.15) is 38.5 Å². The van der Waals surface area contributed by atoms with Gasteiger partial charge in [-0.15, -0.1) is 0 Å². The molecule has 4 heteroatoms. The number of anilines is 1. The molecule has 3 nitrogen and oxygen atoms in total. The van der Waals surface area contributed by atoms with Crippen LogP contribution in [-0.4, -0.2) is 17.1 Å². The molecule has 2 rings (SSSR count). The molecule has 1 aromatic rings. The molecule has 0 radical (unpaired) electrons. The molecule has 0 bridgehead atoms. The van der Waals surface area contributed by atoms with E-state index in [0.717, 1.165) is 35.8 Å². The third-order valence-corrected chi connectivity index (χ3v) is 4.28. The highest BCUT2D eigenvalue weighted by Gasteiger charge is 2.28. The lowest BCUT2D eigenvalue weighted by molar-refractivity contribution is -0.139. The van der Waals surface area contributed by atoms with E-state index < -0.39 is 12.0 Å². The summed E-state index contributed by atoms with van der Waals surface area (Å²) in [6.07, 6.45) is 6.79. The van der Waals surface area contributed by atoms with Gasteiger partial charge in [-0.1, -0.05) is 47.7 Å². The predicted octanol–water partition coefficient (Wildman–Crippen LogP) is 4.28. The molecule has 1 unspecified atom stereocenters. The Morgan fingerprint density at radius 1 is 1.26 bits per heavy atom. The van der Waals surface area contributed by atoms with Gasteiger partial charge in [0.1, 0.15) is 6.04 Å². The summed E-state index contributed by atoms with van der Waals surface area (Å²) in [5.74, 6) is -0.508. The van der Waals surface area contributed by atoms with Crippen molar-refractivity contribution in [1.82, 2.24) is 0 Å². The normalized spacial score (nSPS) is 18.6. The Morgan fingerprint density at radius 2 is 1.95 bits per heavy atom. The number of hydrogen-bond donors (Lipinski definition) is 2. The number of carboxylic acids is 1. The van der Waals surface area contributed by atoms with Crippen LogP contribution in [0.5, 0.6) is 0 Å². The average Bonchev–Trinajstić information content (AvgIpc) is 2.64. The molecule has 19 heavy (non-hydrogen) atoms. The lowest BCUT2D eigenvalue weighted by Gasteiger charge is -2.24. The number of hydrogen-bond acceptors (Lipinski definition) is 2. The van der Waals surface area contributed by atoms with Crippen molar-refractivity contribution in [3.8, 4) is 0 Å². The highest BCUT2D eigenvalue weighted by Crippen LogP contribution is 2.28. The van der Waals surface area contributed by atoms with Crippen molar-refractivity contribution >= 4 is 27.6 Å². The van der Waals surface area contributed by atoms with E-state index in [9.17, 15) is 9.90 Å². The maximum atomic E-state index is 11.5. The minimum atomic E-state index is -0.744. The number of halogens is 1. The average molecular weight is 326 g/mol. The van der Waals surface area contributed by atoms with Crippen LogP contribution in [0.4, 0.5) is 5.69 Å². The van der Waals surface area contributed by atoms with Crippen molar-refractivity contribution in [2.45, 2.75) is 44.6 Å². The molecule has 104 valence electrons. The highest BCUT2D eigenvalue weighted by molar-refractivity contribution is 9.10. The Balaban J connectivity index is 2.09. The summed E-state index contributed by atoms with van der Waals surface area (Å²) < 4.78 is 0.961. The topological polar surface area (TPSA) is 49.3 Å². The molecule has 2 N–H and O–H groups in total. The number of carboxylic acid groups (broad SMARTS) is 1. The first-order valence-electron chi connectivity index (χ1n) is 6.92. The molecule has 0 aliphatic heterocycles. The van der Waals surface area contributed by atoms with Crippen LogP contribution in [-0.2, 0) is 4.79 Å². The van der Waals surface area contributed by atoms with Crippen molar-refractivity contribution in [1.29, 1.82) is 0 Å². The number of aliphatic carboxylic acids is 1. The molecule has 0 spiro atoms. The Kier molecular flexibility index (Phi) is 5.25. The van der Waals surface area contributed by atoms with Crippen LogP contribution >= 0.6 is 15.9 Å². The zero-order chi connectivity index (χ0) is 13.7. The summed E-state index contributed by atoms with van der Waals surface area (Å²) in [5, 5.41) is 12.7. The quantitative estimate of drug-likeness (QED) is 0.812. The van der Waals surface area contributed by atoms with Gasteiger partial charge in [0, 0.05) is 10.2 Å². The lowest BCUT2D eigenvalue weighted by atomic mass is 9.91. The Bertz CT molecular complexity index is 428. The molecular weight excluding hydrogens is 306 g/mol. The van der Waals surface area contributed by atoms with E-state index in [4.69, 9.17) is 0 Å². The molecule has 0 heterocycles. The summed E-state index contributed by atoms with van der Waals surface area (Å²) in [7, 11) is 0. The predicted molar refractivity (Wildman–Crippen MR) is 80.4 cm³/mol. The van der Waals surface area contributed by atoms with Crippen LogP contribution in [0.15, 0.2) is 28.7 Å². The molecule has 1 atom stereocenters. The van der Waals surface area contributed by atoms with Crippen LogP contribution in [0, 0.1) is 5.92 Å². The van der Waals surface area contributed by atoms with Gasteiger partial charge in [0.2, 0.25) is 0 Å². The van der Waals surface area contributed by atoms with Crippen molar-refractivity contribution in [2.75, 3.05) is 5.32 Å². The fourth-order valence-electron chi connectivity index (χ4n) is 2.78. The third kappa shape index (κ3) is 4.23. The van der Waals surface area contributed by atoms with Gasteiger partial charge in [0.05, 0.1) is 0 Å². The van der Waals surface area contributed by atoms with E-state index in [1.54, 1.807) is 0 Å². The van der Waals surface area contributed by atoms with Gasteiger partial charge >= 0.3 is 5.97 Å². The van der Waals surface area contributed by atoms with E-state index >= 15 is 0 Å². The van der Waals surface area contributed by atoms with Gasteiger partial charge in [-0.3, -0.25) is 0 Å². The van der Waals surface area contributed by atoms with Crippen molar-refractivity contribution in [2.24, 2.45) is 5.92 Å². The lowest BCUT2D eigenvalue weighted by Crippen LogP contribution is -2.36. The minimum absolute atomic E-state index is 0.235. The fourth-order valence-corrected chi connectivity index (χ4v) is 3.18. The maximum absolute atomic E-state index is 11.5. The molecule has 1 aliphatic carbocycles. The van der Waals surface area contributed by atoms with Crippen LogP contribution in [0.3, 0.4) is 0 Å². The second-order valence-electron chi connectivity index (χ2n) is 5.22. The number of carbonyl (C=O) groups is 1. The van der Waals surface area contributed by atoms with E-state index in [2.05, 4.69) is 21.2 Å². The number of rotatable bonds is 4. The van der Waals surface area contributed by atoms with Crippen LogP contribution in [0.2, 0.25) is 0 Å². The third-order valence-electron chi connectivity index (χ3n) is 3.78. The summed E-state index contributed by atoms with van der Waals surface area (Å²) in [5.41, 5.74) is 0.867. The van der Waals surface area contributed by atoms with Crippen molar-refractivity contribution < 1.29 is 9.90 Å². The van der Waals surface area contributed by atoms with Gasteiger partial charge in [-0.05, 0) is 37.0 Å². The van der Waals surface area contributed by atoms with Crippen molar-refractivity contribution in [3.63, 3.8) is 0 Å². The molecule has 0 amide bonds.